The lowest BCUT2D eigenvalue weighted by molar-refractivity contribution is 0.295. The van der Waals surface area contributed by atoms with Crippen LogP contribution in [0.3, 0.4) is 0 Å². The van der Waals surface area contributed by atoms with E-state index in [1.807, 2.05) is 24.3 Å². The number of hydrogen-bond donors (Lipinski definition) is 0. The molecular weight excluding hydrogens is 495 g/mol. The van der Waals surface area contributed by atoms with Crippen LogP contribution in [0.15, 0.2) is 24.3 Å². The predicted octanol–water partition coefficient (Wildman–Crippen LogP) is 10.0. The summed E-state index contributed by atoms with van der Waals surface area (Å²) in [5.74, 6) is 2.92. The molecule has 0 N–H and O–H groups in total. The van der Waals surface area contributed by atoms with Crippen LogP contribution >= 0.6 is 23.2 Å². The molecule has 0 aliphatic heterocycles. The van der Waals surface area contributed by atoms with E-state index >= 15 is 0 Å². The molecule has 0 bridgehead atoms. The molecule has 0 aliphatic rings. The third-order valence-corrected chi connectivity index (χ3v) is 6.95. The molecule has 0 unspecified atom stereocenters. The van der Waals surface area contributed by atoms with Gasteiger partial charge in [0.2, 0.25) is 0 Å². The van der Waals surface area contributed by atoms with Gasteiger partial charge in [-0.15, -0.1) is 0 Å². The first-order valence-electron chi connectivity index (χ1n) is 13.5. The van der Waals surface area contributed by atoms with Gasteiger partial charge in [-0.1, -0.05) is 76.6 Å². The van der Waals surface area contributed by atoms with Gasteiger partial charge in [0, 0.05) is 10.8 Å². The standard InChI is InChI=1S/C30H40Cl2O4/c1-5-9-17-33-23-15-16-24(34-18-10-6-2)27-26(23)29(35-19-11-7-3)21-13-14-22(31)28(32)25(21)30(27)36-20-12-8-4/h13-16H,5-12,17-20H2,1-4H3. The van der Waals surface area contributed by atoms with Crippen molar-refractivity contribution in [1.82, 2.24) is 0 Å². The van der Waals surface area contributed by atoms with Crippen LogP contribution in [-0.2, 0) is 0 Å². The Morgan fingerprint density at radius 1 is 0.528 bits per heavy atom. The van der Waals surface area contributed by atoms with Crippen LogP contribution < -0.4 is 18.9 Å². The van der Waals surface area contributed by atoms with Crippen LogP contribution in [0, 0.1) is 0 Å². The molecule has 0 aliphatic carbocycles. The Labute approximate surface area is 226 Å². The van der Waals surface area contributed by atoms with Gasteiger partial charge in [0.25, 0.3) is 0 Å². The van der Waals surface area contributed by atoms with Gasteiger partial charge in [0.1, 0.15) is 23.0 Å². The highest BCUT2D eigenvalue weighted by Gasteiger charge is 2.25. The second-order valence-corrected chi connectivity index (χ2v) is 9.85. The fourth-order valence-corrected chi connectivity index (χ4v) is 4.47. The average molecular weight is 536 g/mol. The highest BCUT2D eigenvalue weighted by Crippen LogP contribution is 2.53. The molecular formula is C30H40Cl2O4. The van der Waals surface area contributed by atoms with Crippen LogP contribution in [0.1, 0.15) is 79.1 Å². The van der Waals surface area contributed by atoms with Crippen molar-refractivity contribution in [3.8, 4) is 23.0 Å². The molecule has 0 saturated carbocycles. The predicted molar refractivity (Wildman–Crippen MR) is 153 cm³/mol. The Morgan fingerprint density at radius 2 is 0.972 bits per heavy atom. The summed E-state index contributed by atoms with van der Waals surface area (Å²) in [6.45, 7) is 11.0. The van der Waals surface area contributed by atoms with Crippen molar-refractivity contribution in [2.75, 3.05) is 26.4 Å². The number of fused-ring (bicyclic) bond motifs is 2. The zero-order valence-corrected chi connectivity index (χ0v) is 23.7. The van der Waals surface area contributed by atoms with Gasteiger partial charge in [0.05, 0.1) is 47.2 Å². The minimum atomic E-state index is 0.458. The highest BCUT2D eigenvalue weighted by molar-refractivity contribution is 6.46. The maximum atomic E-state index is 6.86. The van der Waals surface area contributed by atoms with Gasteiger partial charge >= 0.3 is 0 Å². The van der Waals surface area contributed by atoms with E-state index in [-0.39, 0.29) is 0 Å². The summed E-state index contributed by atoms with van der Waals surface area (Å²) in [6.07, 6.45) is 7.95. The summed E-state index contributed by atoms with van der Waals surface area (Å²) in [5, 5.41) is 4.26. The Balaban J connectivity index is 2.39. The smallest absolute Gasteiger partial charge is 0.140 e. The van der Waals surface area contributed by atoms with E-state index < -0.39 is 0 Å². The Morgan fingerprint density at radius 3 is 1.47 bits per heavy atom. The van der Waals surface area contributed by atoms with Crippen molar-refractivity contribution in [3.63, 3.8) is 0 Å². The second-order valence-electron chi connectivity index (χ2n) is 9.06. The zero-order valence-electron chi connectivity index (χ0n) is 22.2. The van der Waals surface area contributed by atoms with Gasteiger partial charge in [0.15, 0.2) is 0 Å². The first-order valence-corrected chi connectivity index (χ1v) is 14.3. The average Bonchev–Trinajstić information content (AvgIpc) is 2.88. The van der Waals surface area contributed by atoms with Crippen molar-refractivity contribution < 1.29 is 18.9 Å². The molecule has 4 nitrogen and oxygen atoms in total. The molecule has 3 aromatic rings. The normalized spacial score (nSPS) is 11.3. The van der Waals surface area contributed by atoms with Crippen LogP contribution in [0.25, 0.3) is 21.5 Å². The fraction of sp³-hybridized carbons (Fsp3) is 0.533. The first kappa shape index (κ1) is 28.5. The summed E-state index contributed by atoms with van der Waals surface area (Å²) in [7, 11) is 0. The van der Waals surface area contributed by atoms with Crippen LogP contribution in [0.2, 0.25) is 10.0 Å². The molecule has 3 rings (SSSR count). The van der Waals surface area contributed by atoms with Crippen molar-refractivity contribution in [2.24, 2.45) is 0 Å². The molecule has 0 atom stereocenters. The monoisotopic (exact) mass is 534 g/mol. The Bertz CT molecular complexity index is 1130. The number of rotatable bonds is 16. The maximum absolute atomic E-state index is 6.86. The van der Waals surface area contributed by atoms with E-state index in [0.717, 1.165) is 90.2 Å². The molecule has 0 heterocycles. The molecule has 0 radical (unpaired) electrons. The maximum Gasteiger partial charge on any atom is 0.140 e. The number of halogens is 2. The number of hydrogen-bond acceptors (Lipinski definition) is 4. The lowest BCUT2D eigenvalue weighted by Crippen LogP contribution is -2.06. The molecule has 0 aromatic heterocycles. The summed E-state index contributed by atoms with van der Waals surface area (Å²) in [6, 6.07) is 7.76. The summed E-state index contributed by atoms with van der Waals surface area (Å²) in [5.41, 5.74) is 0. The molecule has 0 fully saturated rings. The first-order chi connectivity index (χ1) is 17.6. The Hall–Kier alpha value is -2.04. The SMILES string of the molecule is CCCCOc1ccc(OCCCC)c2c(OCCCC)c3c(Cl)c(Cl)ccc3c(OCCCC)c12. The molecule has 36 heavy (non-hydrogen) atoms. The van der Waals surface area contributed by atoms with Gasteiger partial charge in [-0.05, 0) is 49.9 Å². The van der Waals surface area contributed by atoms with E-state index in [0.29, 0.717) is 42.2 Å². The lowest BCUT2D eigenvalue weighted by atomic mass is 9.98. The second kappa shape index (κ2) is 14.6. The van der Waals surface area contributed by atoms with Crippen LogP contribution in [0.4, 0.5) is 0 Å². The quantitative estimate of drug-likeness (QED) is 0.135. The number of unbranched alkanes of at least 4 members (excludes halogenated alkanes) is 4. The van der Waals surface area contributed by atoms with Gasteiger partial charge in [-0.2, -0.15) is 0 Å². The molecule has 0 saturated heterocycles. The molecule has 0 amide bonds. The molecule has 0 spiro atoms. The fourth-order valence-electron chi connectivity index (χ4n) is 4.06. The molecule has 198 valence electrons. The van der Waals surface area contributed by atoms with Gasteiger partial charge < -0.3 is 18.9 Å². The minimum absolute atomic E-state index is 0.458. The van der Waals surface area contributed by atoms with Crippen LogP contribution in [-0.4, -0.2) is 26.4 Å². The molecule has 6 heteroatoms. The molecule has 3 aromatic carbocycles. The third kappa shape index (κ3) is 6.63. The van der Waals surface area contributed by atoms with Gasteiger partial charge in [-0.25, -0.2) is 0 Å². The topological polar surface area (TPSA) is 36.9 Å². The van der Waals surface area contributed by atoms with E-state index in [4.69, 9.17) is 42.1 Å². The van der Waals surface area contributed by atoms with Crippen molar-refractivity contribution in [2.45, 2.75) is 79.1 Å². The summed E-state index contributed by atoms with van der Waals surface area (Å²) in [4.78, 5) is 0. The van der Waals surface area contributed by atoms with Crippen molar-refractivity contribution in [3.05, 3.63) is 34.3 Å². The van der Waals surface area contributed by atoms with E-state index in [2.05, 4.69) is 27.7 Å². The van der Waals surface area contributed by atoms with E-state index in [1.165, 1.54) is 0 Å². The van der Waals surface area contributed by atoms with Crippen LogP contribution in [0.5, 0.6) is 23.0 Å². The van der Waals surface area contributed by atoms with Crippen molar-refractivity contribution in [1.29, 1.82) is 0 Å². The number of benzene rings is 3. The summed E-state index contributed by atoms with van der Waals surface area (Å²) < 4.78 is 25.6. The van der Waals surface area contributed by atoms with E-state index in [1.54, 1.807) is 0 Å². The zero-order chi connectivity index (χ0) is 25.9. The lowest BCUT2D eigenvalue weighted by Gasteiger charge is -2.23. The van der Waals surface area contributed by atoms with E-state index in [9.17, 15) is 0 Å². The number of ether oxygens (including phenoxy) is 4. The minimum Gasteiger partial charge on any atom is -0.493 e. The van der Waals surface area contributed by atoms with Gasteiger partial charge in [-0.3, -0.25) is 0 Å². The third-order valence-electron chi connectivity index (χ3n) is 6.15. The highest BCUT2D eigenvalue weighted by atomic mass is 35.5. The van der Waals surface area contributed by atoms with Crippen molar-refractivity contribution >= 4 is 44.7 Å². The summed E-state index contributed by atoms with van der Waals surface area (Å²) >= 11 is 13.4. The largest absolute Gasteiger partial charge is 0.493 e. The Kier molecular flexibility index (Phi) is 11.6.